The van der Waals surface area contributed by atoms with E-state index in [1.54, 1.807) is 0 Å². The Bertz CT molecular complexity index is 275. The number of esters is 1. The van der Waals surface area contributed by atoms with Gasteiger partial charge < -0.3 is 10.1 Å². The largest absolute Gasteiger partial charge is 0.469 e. The van der Waals surface area contributed by atoms with Gasteiger partial charge in [-0.2, -0.15) is 0 Å². The fourth-order valence-electron chi connectivity index (χ4n) is 2.07. The highest BCUT2D eigenvalue weighted by Gasteiger charge is 2.38. The van der Waals surface area contributed by atoms with Crippen molar-refractivity contribution in [3.05, 3.63) is 0 Å². The molecule has 2 amide bonds. The summed E-state index contributed by atoms with van der Waals surface area (Å²) in [6, 6.07) is -0.181. The Hall–Kier alpha value is -0.910. The summed E-state index contributed by atoms with van der Waals surface area (Å²) >= 11 is 3.66. The minimum absolute atomic E-state index is 0.116. The lowest BCUT2D eigenvalue weighted by molar-refractivity contribution is -0.153. The van der Waals surface area contributed by atoms with Crippen molar-refractivity contribution in [3.63, 3.8) is 0 Å². The molecule has 0 unspecified atom stereocenters. The molecule has 16 heavy (non-hydrogen) atoms. The molecule has 0 aromatic heterocycles. The quantitative estimate of drug-likeness (QED) is 0.507. The van der Waals surface area contributed by atoms with Gasteiger partial charge in [0.1, 0.15) is 0 Å². The first-order chi connectivity index (χ1) is 7.51. The Kier molecular flexibility index (Phi) is 4.46. The third-order valence-corrected chi connectivity index (χ3v) is 3.41. The molecule has 0 radical (unpaired) electrons. The molecule has 0 atom stereocenters. The van der Waals surface area contributed by atoms with Gasteiger partial charge in [0.15, 0.2) is 0 Å². The highest BCUT2D eigenvalue weighted by Crippen LogP contribution is 2.36. The van der Waals surface area contributed by atoms with Crippen LogP contribution in [0.1, 0.15) is 32.6 Å². The van der Waals surface area contributed by atoms with Gasteiger partial charge in [-0.15, -0.1) is 0 Å². The molecular formula is C10H18N2O3S. The Balaban J connectivity index is 2.44. The fourth-order valence-corrected chi connectivity index (χ4v) is 2.13. The predicted octanol–water partition coefficient (Wildman–Crippen LogP) is 1.25. The summed E-state index contributed by atoms with van der Waals surface area (Å²) in [5.74, 6) is -0.162. The van der Waals surface area contributed by atoms with E-state index in [2.05, 4.69) is 22.9 Å². The standard InChI is InChI=1S/C10H18N2O3S/c1-10(8(13)15-2)5-3-7(4-6-10)11-9(14)12-16/h7,16H,3-6H2,1-2H3,(H2,11,12,14). The van der Waals surface area contributed by atoms with E-state index in [-0.39, 0.29) is 18.0 Å². The second kappa shape index (κ2) is 5.43. The average molecular weight is 246 g/mol. The summed E-state index contributed by atoms with van der Waals surface area (Å²) in [5, 5.41) is 2.78. The Morgan fingerprint density at radius 3 is 2.38 bits per heavy atom. The van der Waals surface area contributed by atoms with Crippen LogP contribution < -0.4 is 10.0 Å². The van der Waals surface area contributed by atoms with Crippen molar-refractivity contribution in [1.29, 1.82) is 0 Å². The third kappa shape index (κ3) is 3.04. The van der Waals surface area contributed by atoms with Gasteiger partial charge in [0.2, 0.25) is 0 Å². The van der Waals surface area contributed by atoms with Crippen LogP contribution in [0.5, 0.6) is 0 Å². The number of ether oxygens (including phenoxy) is 1. The first-order valence-electron chi connectivity index (χ1n) is 5.31. The van der Waals surface area contributed by atoms with Crippen molar-refractivity contribution in [1.82, 2.24) is 10.0 Å². The Morgan fingerprint density at radius 2 is 1.94 bits per heavy atom. The topological polar surface area (TPSA) is 67.4 Å². The number of urea groups is 1. The van der Waals surface area contributed by atoms with Crippen molar-refractivity contribution in [2.75, 3.05) is 7.11 Å². The average Bonchev–Trinajstić information content (AvgIpc) is 2.31. The number of hydrogen-bond donors (Lipinski definition) is 3. The highest BCUT2D eigenvalue weighted by atomic mass is 32.1. The zero-order chi connectivity index (χ0) is 12.2. The second-order valence-electron chi connectivity index (χ2n) is 4.41. The smallest absolute Gasteiger partial charge is 0.324 e. The van der Waals surface area contributed by atoms with Gasteiger partial charge in [-0.05, 0) is 32.6 Å². The van der Waals surface area contributed by atoms with E-state index < -0.39 is 5.41 Å². The number of thiol groups is 1. The van der Waals surface area contributed by atoms with E-state index in [1.165, 1.54) is 7.11 Å². The molecule has 6 heteroatoms. The SMILES string of the molecule is COC(=O)C1(C)CCC(NC(=O)NS)CC1. The van der Waals surface area contributed by atoms with E-state index in [1.807, 2.05) is 6.92 Å². The number of rotatable bonds is 2. The summed E-state index contributed by atoms with van der Waals surface area (Å²) in [6.07, 6.45) is 3.04. The van der Waals surface area contributed by atoms with Crippen molar-refractivity contribution in [2.24, 2.45) is 5.41 Å². The Labute approximate surface area is 101 Å². The number of hydrogen-bond acceptors (Lipinski definition) is 4. The van der Waals surface area contributed by atoms with Gasteiger partial charge in [0, 0.05) is 6.04 Å². The van der Waals surface area contributed by atoms with Gasteiger partial charge in [-0.1, -0.05) is 12.8 Å². The normalized spacial score (nSPS) is 29.3. The van der Waals surface area contributed by atoms with Crippen molar-refractivity contribution in [2.45, 2.75) is 38.6 Å². The maximum absolute atomic E-state index is 11.5. The van der Waals surface area contributed by atoms with Crippen LogP contribution in [-0.4, -0.2) is 25.2 Å². The molecule has 0 saturated heterocycles. The van der Waals surface area contributed by atoms with Gasteiger partial charge in [-0.25, -0.2) is 4.79 Å². The number of carbonyl (C=O) groups excluding carboxylic acids is 2. The van der Waals surface area contributed by atoms with Crippen molar-refractivity contribution in [3.8, 4) is 0 Å². The van der Waals surface area contributed by atoms with Crippen LogP contribution in [0.15, 0.2) is 0 Å². The molecule has 0 aromatic carbocycles. The fraction of sp³-hybridized carbons (Fsp3) is 0.800. The number of methoxy groups -OCH3 is 1. The van der Waals surface area contributed by atoms with E-state index in [4.69, 9.17) is 4.74 Å². The van der Waals surface area contributed by atoms with E-state index in [0.717, 1.165) is 25.7 Å². The van der Waals surface area contributed by atoms with Crippen molar-refractivity contribution >= 4 is 24.8 Å². The highest BCUT2D eigenvalue weighted by molar-refractivity contribution is 7.78. The van der Waals surface area contributed by atoms with Gasteiger partial charge in [0.05, 0.1) is 12.5 Å². The molecule has 0 aliphatic heterocycles. The molecule has 1 aliphatic rings. The van der Waals surface area contributed by atoms with Gasteiger partial charge >= 0.3 is 12.0 Å². The van der Waals surface area contributed by atoms with Gasteiger partial charge in [-0.3, -0.25) is 9.52 Å². The van der Waals surface area contributed by atoms with Crippen molar-refractivity contribution < 1.29 is 14.3 Å². The molecule has 1 fully saturated rings. The number of carbonyl (C=O) groups is 2. The first kappa shape index (κ1) is 13.2. The summed E-state index contributed by atoms with van der Waals surface area (Å²) in [5.41, 5.74) is -0.398. The van der Waals surface area contributed by atoms with E-state index in [0.29, 0.717) is 0 Å². The first-order valence-corrected chi connectivity index (χ1v) is 5.75. The predicted molar refractivity (Wildman–Crippen MR) is 63.0 cm³/mol. The minimum Gasteiger partial charge on any atom is -0.469 e. The lowest BCUT2D eigenvalue weighted by Gasteiger charge is -2.34. The summed E-state index contributed by atoms with van der Waals surface area (Å²) < 4.78 is 7.00. The summed E-state index contributed by atoms with van der Waals surface area (Å²) in [4.78, 5) is 22.6. The maximum Gasteiger partial charge on any atom is 0.324 e. The lowest BCUT2D eigenvalue weighted by atomic mass is 9.74. The van der Waals surface area contributed by atoms with Crippen LogP contribution in [0.25, 0.3) is 0 Å². The summed E-state index contributed by atoms with van der Waals surface area (Å²) in [7, 11) is 1.41. The second-order valence-corrected chi connectivity index (χ2v) is 4.64. The minimum atomic E-state index is -0.398. The molecule has 92 valence electrons. The molecule has 0 bridgehead atoms. The molecule has 0 heterocycles. The van der Waals surface area contributed by atoms with Crippen LogP contribution in [0.3, 0.4) is 0 Å². The summed E-state index contributed by atoms with van der Waals surface area (Å²) in [6.45, 7) is 1.91. The van der Waals surface area contributed by atoms with Crippen LogP contribution in [-0.2, 0) is 9.53 Å². The van der Waals surface area contributed by atoms with E-state index >= 15 is 0 Å². The molecule has 1 rings (SSSR count). The third-order valence-electron chi connectivity index (χ3n) is 3.20. The van der Waals surface area contributed by atoms with Crippen LogP contribution in [0, 0.1) is 5.41 Å². The molecule has 2 N–H and O–H groups in total. The molecule has 5 nitrogen and oxygen atoms in total. The van der Waals surface area contributed by atoms with E-state index in [9.17, 15) is 9.59 Å². The molecular weight excluding hydrogens is 228 g/mol. The molecule has 0 spiro atoms. The lowest BCUT2D eigenvalue weighted by Crippen LogP contribution is -2.44. The van der Waals surface area contributed by atoms with Gasteiger partial charge in [0.25, 0.3) is 0 Å². The zero-order valence-electron chi connectivity index (χ0n) is 9.58. The molecule has 1 aliphatic carbocycles. The Morgan fingerprint density at radius 1 is 1.38 bits per heavy atom. The van der Waals surface area contributed by atoms with Crippen LogP contribution in [0.4, 0.5) is 4.79 Å². The molecule has 0 aromatic rings. The maximum atomic E-state index is 11.5. The van der Waals surface area contributed by atoms with Crippen LogP contribution in [0.2, 0.25) is 0 Å². The monoisotopic (exact) mass is 246 g/mol. The zero-order valence-corrected chi connectivity index (χ0v) is 10.5. The molecule has 1 saturated carbocycles. The van der Waals surface area contributed by atoms with Crippen LogP contribution >= 0.6 is 12.8 Å². The number of nitrogens with one attached hydrogen (secondary N) is 2. The number of amides is 2.